The molecule has 0 saturated carbocycles. The molecule has 0 fully saturated rings. The number of fused-ring (bicyclic) bond motifs is 1. The second-order valence-corrected chi connectivity index (χ2v) is 9.04. The number of amides is 1. The molecule has 210 valence electrons. The number of nitrogens with one attached hydrogen (secondary N) is 1. The van der Waals surface area contributed by atoms with Gasteiger partial charge in [0.15, 0.2) is 23.1 Å². The number of benzene rings is 3. The zero-order valence-electron chi connectivity index (χ0n) is 22.6. The highest BCUT2D eigenvalue weighted by Gasteiger charge is 2.23. The van der Waals surface area contributed by atoms with Gasteiger partial charge in [-0.1, -0.05) is 18.2 Å². The number of carbonyl (C=O) groups is 1. The van der Waals surface area contributed by atoms with Gasteiger partial charge >= 0.3 is 0 Å². The van der Waals surface area contributed by atoms with Crippen LogP contribution in [0.25, 0.3) is 16.6 Å². The molecular weight excluding hydrogens is 531 g/mol. The van der Waals surface area contributed by atoms with Crippen LogP contribution in [-0.2, 0) is 7.05 Å². The summed E-state index contributed by atoms with van der Waals surface area (Å²) in [5.41, 5.74) is 1.21. The standard InChI is InChI=1S/C30H27FN4O6/c1-18-28(30(38)35(34(18)2)20-7-5-4-6-8-20)29(37)33-19-9-10-25(22(31)15-19)41-24-11-12-32-23-17-27(40-14-13-36)26(39-3)16-21(23)24/h4-12,15-17,36H,13-14H2,1-3H3,(H,33,37). The molecule has 2 aromatic heterocycles. The Morgan fingerprint density at radius 2 is 1.80 bits per heavy atom. The van der Waals surface area contributed by atoms with Crippen LogP contribution in [0.15, 0.2) is 77.7 Å². The number of anilines is 1. The molecular formula is C30H27FN4O6. The number of aliphatic hydroxyl groups is 1. The number of aromatic nitrogens is 3. The molecule has 2 N–H and O–H groups in total. The maximum atomic E-state index is 15.2. The Morgan fingerprint density at radius 3 is 2.51 bits per heavy atom. The van der Waals surface area contributed by atoms with Crippen LogP contribution in [0.5, 0.6) is 23.0 Å². The van der Waals surface area contributed by atoms with Crippen molar-refractivity contribution in [3.8, 4) is 28.7 Å². The third-order valence-electron chi connectivity index (χ3n) is 6.53. The van der Waals surface area contributed by atoms with Crippen molar-refractivity contribution in [2.75, 3.05) is 25.6 Å². The number of methoxy groups -OCH3 is 1. The second-order valence-electron chi connectivity index (χ2n) is 9.04. The third-order valence-corrected chi connectivity index (χ3v) is 6.53. The molecule has 2 heterocycles. The summed E-state index contributed by atoms with van der Waals surface area (Å²) >= 11 is 0. The average molecular weight is 559 g/mol. The van der Waals surface area contributed by atoms with Crippen molar-refractivity contribution >= 4 is 22.5 Å². The Kier molecular flexibility index (Phi) is 7.70. The predicted molar refractivity (Wildman–Crippen MR) is 151 cm³/mol. The van der Waals surface area contributed by atoms with E-state index in [9.17, 15) is 9.59 Å². The van der Waals surface area contributed by atoms with Gasteiger partial charge in [-0.2, -0.15) is 0 Å². The first kappa shape index (κ1) is 27.4. The van der Waals surface area contributed by atoms with Crippen molar-refractivity contribution in [1.82, 2.24) is 14.3 Å². The molecule has 11 heteroatoms. The molecule has 3 aromatic carbocycles. The largest absolute Gasteiger partial charge is 0.493 e. The van der Waals surface area contributed by atoms with Gasteiger partial charge in [0, 0.05) is 36.5 Å². The minimum absolute atomic E-state index is 0.0448. The van der Waals surface area contributed by atoms with Gasteiger partial charge < -0.3 is 24.6 Å². The number of pyridine rings is 1. The Morgan fingerprint density at radius 1 is 1.02 bits per heavy atom. The summed E-state index contributed by atoms with van der Waals surface area (Å²) in [7, 11) is 3.16. The molecule has 10 nitrogen and oxygen atoms in total. The van der Waals surface area contributed by atoms with Crippen LogP contribution >= 0.6 is 0 Å². The van der Waals surface area contributed by atoms with Crippen molar-refractivity contribution in [3.63, 3.8) is 0 Å². The quantitative estimate of drug-likeness (QED) is 0.272. The summed E-state index contributed by atoms with van der Waals surface area (Å²) < 4.78 is 34.9. The molecule has 0 radical (unpaired) electrons. The number of carbonyl (C=O) groups excluding carboxylic acids is 1. The van der Waals surface area contributed by atoms with Crippen molar-refractivity contribution in [3.05, 3.63) is 100 Å². The number of para-hydroxylation sites is 1. The van der Waals surface area contributed by atoms with E-state index >= 15 is 4.39 Å². The van der Waals surface area contributed by atoms with Crippen molar-refractivity contribution < 1.29 is 28.5 Å². The lowest BCUT2D eigenvalue weighted by molar-refractivity contribution is 0.102. The summed E-state index contributed by atoms with van der Waals surface area (Å²) in [6.07, 6.45) is 1.51. The number of rotatable bonds is 9. The first-order valence-electron chi connectivity index (χ1n) is 12.7. The highest BCUT2D eigenvalue weighted by molar-refractivity contribution is 6.05. The second kappa shape index (κ2) is 11.5. The van der Waals surface area contributed by atoms with E-state index < -0.39 is 17.3 Å². The molecule has 0 unspecified atom stereocenters. The molecule has 0 aliphatic carbocycles. The number of halogens is 1. The van der Waals surface area contributed by atoms with E-state index in [2.05, 4.69) is 10.3 Å². The van der Waals surface area contributed by atoms with E-state index in [1.807, 2.05) is 6.07 Å². The molecule has 5 aromatic rings. The molecule has 0 bridgehead atoms. The Labute approximate surface area is 234 Å². The van der Waals surface area contributed by atoms with Gasteiger partial charge in [0.2, 0.25) is 0 Å². The summed E-state index contributed by atoms with van der Waals surface area (Å²) in [4.78, 5) is 30.6. The lowest BCUT2D eigenvalue weighted by atomic mass is 10.1. The molecule has 0 spiro atoms. The van der Waals surface area contributed by atoms with E-state index in [4.69, 9.17) is 19.3 Å². The van der Waals surface area contributed by atoms with Crippen LogP contribution in [0.2, 0.25) is 0 Å². The van der Waals surface area contributed by atoms with Crippen LogP contribution < -0.4 is 25.1 Å². The van der Waals surface area contributed by atoms with Gasteiger partial charge in [-0.05, 0) is 43.3 Å². The number of hydrogen-bond donors (Lipinski definition) is 2. The number of ether oxygens (including phenoxy) is 3. The lowest BCUT2D eigenvalue weighted by Gasteiger charge is -2.14. The number of aliphatic hydroxyl groups excluding tert-OH is 1. The van der Waals surface area contributed by atoms with Gasteiger partial charge in [-0.25, -0.2) is 9.07 Å². The van der Waals surface area contributed by atoms with E-state index in [0.717, 1.165) is 6.07 Å². The molecule has 41 heavy (non-hydrogen) atoms. The molecule has 0 saturated heterocycles. The van der Waals surface area contributed by atoms with Crippen LogP contribution in [0.1, 0.15) is 16.1 Å². The van der Waals surface area contributed by atoms with Crippen molar-refractivity contribution in [2.45, 2.75) is 6.92 Å². The predicted octanol–water partition coefficient (Wildman–Crippen LogP) is 4.60. The average Bonchev–Trinajstić information content (AvgIpc) is 3.20. The fraction of sp³-hybridized carbons (Fsp3) is 0.167. The summed E-state index contributed by atoms with van der Waals surface area (Å²) in [5.74, 6) is -0.359. The molecule has 0 atom stereocenters. The van der Waals surface area contributed by atoms with E-state index in [-0.39, 0.29) is 30.2 Å². The lowest BCUT2D eigenvalue weighted by Crippen LogP contribution is -2.25. The Hall–Kier alpha value is -5.16. The molecule has 0 aliphatic heterocycles. The maximum Gasteiger partial charge on any atom is 0.284 e. The van der Waals surface area contributed by atoms with E-state index in [0.29, 0.717) is 39.5 Å². The van der Waals surface area contributed by atoms with E-state index in [1.165, 1.54) is 30.1 Å². The van der Waals surface area contributed by atoms with Gasteiger partial charge in [0.1, 0.15) is 17.9 Å². The normalized spacial score (nSPS) is 11.0. The first-order chi connectivity index (χ1) is 19.8. The van der Waals surface area contributed by atoms with Gasteiger partial charge in [0.25, 0.3) is 11.5 Å². The first-order valence-corrected chi connectivity index (χ1v) is 12.7. The smallest absolute Gasteiger partial charge is 0.284 e. The molecule has 0 aliphatic rings. The third kappa shape index (κ3) is 5.35. The topological polar surface area (TPSA) is 117 Å². The maximum absolute atomic E-state index is 15.2. The van der Waals surface area contributed by atoms with Gasteiger partial charge in [-0.15, -0.1) is 0 Å². The molecule has 1 amide bonds. The Balaban J connectivity index is 1.39. The minimum Gasteiger partial charge on any atom is -0.493 e. The minimum atomic E-state index is -0.728. The highest BCUT2D eigenvalue weighted by Crippen LogP contribution is 2.37. The fourth-order valence-electron chi connectivity index (χ4n) is 4.45. The molecule has 5 rings (SSSR count). The van der Waals surface area contributed by atoms with Crippen LogP contribution in [-0.4, -0.2) is 45.7 Å². The van der Waals surface area contributed by atoms with E-state index in [1.54, 1.807) is 61.1 Å². The van der Waals surface area contributed by atoms with Crippen LogP contribution in [0.4, 0.5) is 10.1 Å². The van der Waals surface area contributed by atoms with Gasteiger partial charge in [0.05, 0.1) is 30.6 Å². The SMILES string of the molecule is COc1cc2c(Oc3ccc(NC(=O)c4c(C)n(C)n(-c5ccccc5)c4=O)cc3F)ccnc2cc1OCCO. The van der Waals surface area contributed by atoms with Crippen molar-refractivity contribution in [2.24, 2.45) is 7.05 Å². The summed E-state index contributed by atoms with van der Waals surface area (Å²) in [5, 5.41) is 12.2. The summed E-state index contributed by atoms with van der Waals surface area (Å²) in [6, 6.07) is 17.8. The zero-order valence-corrected chi connectivity index (χ0v) is 22.6. The number of hydrogen-bond acceptors (Lipinski definition) is 7. The fourth-order valence-corrected chi connectivity index (χ4v) is 4.45. The number of nitrogens with zero attached hydrogens (tertiary/aromatic N) is 3. The van der Waals surface area contributed by atoms with Crippen LogP contribution in [0, 0.1) is 12.7 Å². The highest BCUT2D eigenvalue weighted by atomic mass is 19.1. The van der Waals surface area contributed by atoms with Crippen molar-refractivity contribution in [1.29, 1.82) is 0 Å². The summed E-state index contributed by atoms with van der Waals surface area (Å²) in [6.45, 7) is 1.59. The van der Waals surface area contributed by atoms with Crippen LogP contribution in [0.3, 0.4) is 0 Å². The van der Waals surface area contributed by atoms with Gasteiger partial charge in [-0.3, -0.25) is 19.3 Å². The zero-order chi connectivity index (χ0) is 29.1. The monoisotopic (exact) mass is 558 g/mol. The Bertz CT molecular complexity index is 1800.